The lowest BCUT2D eigenvalue weighted by molar-refractivity contribution is 0.672. The molecule has 0 N–H and O–H groups in total. The molecule has 0 bridgehead atoms. The molecule has 0 unspecified atom stereocenters. The van der Waals surface area contributed by atoms with Crippen LogP contribution in [0.25, 0.3) is 104 Å². The molecule has 0 saturated heterocycles. The summed E-state index contributed by atoms with van der Waals surface area (Å²) >= 11 is 0. The molecule has 0 radical (unpaired) electrons. The number of rotatable bonds is 6. The van der Waals surface area contributed by atoms with E-state index in [1.165, 1.54) is 54.3 Å². The summed E-state index contributed by atoms with van der Waals surface area (Å²) in [5, 5.41) is 12.1. The van der Waals surface area contributed by atoms with Crippen LogP contribution in [0.5, 0.6) is 0 Å². The first-order chi connectivity index (χ1) is 31.2. The van der Waals surface area contributed by atoms with E-state index >= 15 is 0 Å². The van der Waals surface area contributed by atoms with Crippen LogP contribution in [0.1, 0.15) is 0 Å². The van der Waals surface area contributed by atoms with Crippen molar-refractivity contribution in [1.82, 2.24) is 4.57 Å². The van der Waals surface area contributed by atoms with Crippen molar-refractivity contribution in [2.45, 2.75) is 0 Å². The van der Waals surface area contributed by atoms with Crippen molar-refractivity contribution in [3.05, 3.63) is 231 Å². The molecule has 2 heterocycles. The molecule has 3 heteroatoms. The van der Waals surface area contributed by atoms with Gasteiger partial charge in [-0.05, 0) is 122 Å². The fourth-order valence-electron chi connectivity index (χ4n) is 9.91. The Morgan fingerprint density at radius 2 is 0.841 bits per heavy atom. The second-order valence-electron chi connectivity index (χ2n) is 16.5. The Kier molecular flexibility index (Phi) is 7.91. The van der Waals surface area contributed by atoms with Gasteiger partial charge >= 0.3 is 0 Å². The predicted octanol–water partition coefficient (Wildman–Crippen LogP) is 16.9. The highest BCUT2D eigenvalue weighted by Gasteiger charge is 2.18. The van der Waals surface area contributed by atoms with Gasteiger partial charge in [-0.15, -0.1) is 0 Å². The van der Waals surface area contributed by atoms with Crippen LogP contribution in [-0.4, -0.2) is 4.57 Å². The average Bonchev–Trinajstić information content (AvgIpc) is 3.90. The second kappa shape index (κ2) is 14.1. The summed E-state index contributed by atoms with van der Waals surface area (Å²) in [6.45, 7) is 0. The summed E-state index contributed by atoms with van der Waals surface area (Å²) in [4.78, 5) is 2.35. The molecule has 13 aromatic rings. The molecule has 0 aliphatic rings. The largest absolute Gasteiger partial charge is 0.455 e. The summed E-state index contributed by atoms with van der Waals surface area (Å²) < 4.78 is 9.12. The first kappa shape index (κ1) is 35.4. The number of hydrogen-bond acceptors (Lipinski definition) is 2. The number of fused-ring (bicyclic) bond motifs is 11. The van der Waals surface area contributed by atoms with Crippen LogP contribution in [0, 0.1) is 0 Å². The Morgan fingerprint density at radius 3 is 1.62 bits per heavy atom. The van der Waals surface area contributed by atoms with E-state index in [1.54, 1.807) is 0 Å². The third kappa shape index (κ3) is 5.75. The second-order valence-corrected chi connectivity index (χ2v) is 16.5. The van der Waals surface area contributed by atoms with Gasteiger partial charge in [0.2, 0.25) is 0 Å². The van der Waals surface area contributed by atoms with E-state index in [0.717, 1.165) is 66.8 Å². The molecule has 0 amide bonds. The summed E-state index contributed by atoms with van der Waals surface area (Å²) in [6, 6.07) is 83.5. The van der Waals surface area contributed by atoms with Gasteiger partial charge in [-0.1, -0.05) is 152 Å². The lowest BCUT2D eigenvalue weighted by Crippen LogP contribution is -2.10. The van der Waals surface area contributed by atoms with E-state index in [4.69, 9.17) is 4.42 Å². The van der Waals surface area contributed by atoms with Crippen LogP contribution in [0.2, 0.25) is 0 Å². The summed E-state index contributed by atoms with van der Waals surface area (Å²) in [6.07, 6.45) is 0. The van der Waals surface area contributed by atoms with E-state index in [1.807, 2.05) is 0 Å². The number of furan rings is 1. The van der Waals surface area contributed by atoms with Crippen molar-refractivity contribution in [3.8, 4) is 27.9 Å². The van der Waals surface area contributed by atoms with Crippen molar-refractivity contribution < 1.29 is 4.42 Å². The van der Waals surface area contributed by atoms with Crippen molar-refractivity contribution in [3.63, 3.8) is 0 Å². The highest BCUT2D eigenvalue weighted by molar-refractivity contribution is 6.16. The molecule has 0 spiro atoms. The first-order valence-corrected chi connectivity index (χ1v) is 21.6. The molecule has 13 rings (SSSR count). The van der Waals surface area contributed by atoms with Gasteiger partial charge in [0.15, 0.2) is 0 Å². The van der Waals surface area contributed by atoms with Crippen LogP contribution in [-0.2, 0) is 0 Å². The van der Waals surface area contributed by atoms with Gasteiger partial charge in [-0.2, -0.15) is 0 Å². The van der Waals surface area contributed by atoms with Gasteiger partial charge in [-0.25, -0.2) is 0 Å². The van der Waals surface area contributed by atoms with E-state index in [-0.39, 0.29) is 0 Å². The molecule has 0 fully saturated rings. The van der Waals surface area contributed by atoms with Crippen LogP contribution in [0.15, 0.2) is 235 Å². The van der Waals surface area contributed by atoms with Crippen LogP contribution < -0.4 is 4.90 Å². The van der Waals surface area contributed by atoms with E-state index in [9.17, 15) is 0 Å². The molecule has 63 heavy (non-hydrogen) atoms. The molecule has 0 saturated carbocycles. The third-order valence-corrected chi connectivity index (χ3v) is 12.9. The Hall–Kier alpha value is -8.40. The Bertz CT molecular complexity index is 3870. The highest BCUT2D eigenvalue weighted by atomic mass is 16.3. The van der Waals surface area contributed by atoms with Gasteiger partial charge < -0.3 is 13.9 Å². The van der Waals surface area contributed by atoms with Gasteiger partial charge in [-0.3, -0.25) is 0 Å². The maximum atomic E-state index is 6.74. The molecule has 0 aliphatic heterocycles. The van der Waals surface area contributed by atoms with Crippen molar-refractivity contribution >= 4 is 93.1 Å². The van der Waals surface area contributed by atoms with Gasteiger partial charge in [0.1, 0.15) is 11.2 Å². The zero-order chi connectivity index (χ0) is 41.4. The van der Waals surface area contributed by atoms with Crippen LogP contribution in [0.3, 0.4) is 0 Å². The minimum absolute atomic E-state index is 0.861. The molecular formula is C60H38N2O. The Labute approximate surface area is 363 Å². The Morgan fingerprint density at radius 1 is 0.302 bits per heavy atom. The minimum atomic E-state index is 0.861. The quantitative estimate of drug-likeness (QED) is 0.156. The molecule has 0 atom stereocenters. The molecular weight excluding hydrogens is 765 g/mol. The third-order valence-electron chi connectivity index (χ3n) is 12.9. The number of aromatic nitrogens is 1. The molecule has 3 nitrogen and oxygen atoms in total. The zero-order valence-corrected chi connectivity index (χ0v) is 34.2. The first-order valence-electron chi connectivity index (χ1n) is 21.6. The summed E-state index contributed by atoms with van der Waals surface area (Å²) in [5.41, 5.74) is 13.1. The van der Waals surface area contributed by atoms with E-state index < -0.39 is 0 Å². The fraction of sp³-hybridized carbons (Fsp3) is 0. The highest BCUT2D eigenvalue weighted by Crippen LogP contribution is 2.42. The SMILES string of the molecule is c1cc(-c2ccc3ccc4ccccc4c3c2)cc(N(c2ccc(-c3cccc(-n4c5ccccc5c5ccccc54)c3)cc2)c2ccc3c(c2)oc2c4ccccc4ccc32)c1. The minimum Gasteiger partial charge on any atom is -0.455 e. The van der Waals surface area contributed by atoms with Crippen LogP contribution in [0.4, 0.5) is 17.1 Å². The van der Waals surface area contributed by atoms with Gasteiger partial charge in [0.25, 0.3) is 0 Å². The standard InChI is InChI=1S/C60H38N2O/c1-3-17-50-40(11-1)23-24-42-25-26-45(37-56(42)50)44-14-10-15-47(36-44)61(49-32-34-54-55-33-29-41-12-2-4-18-51(41)60(55)63-59(54)38-49)46-30-27-39(28-31-46)43-13-9-16-48(35-43)62-57-21-7-5-19-52(57)53-20-6-8-22-58(53)62/h1-38H. The van der Waals surface area contributed by atoms with Crippen LogP contribution >= 0.6 is 0 Å². The van der Waals surface area contributed by atoms with Gasteiger partial charge in [0, 0.05) is 55.7 Å². The summed E-state index contributed by atoms with van der Waals surface area (Å²) in [5.74, 6) is 0. The number of para-hydroxylation sites is 2. The van der Waals surface area contributed by atoms with Crippen molar-refractivity contribution in [1.29, 1.82) is 0 Å². The number of nitrogens with zero attached hydrogens (tertiary/aromatic N) is 2. The Balaban J connectivity index is 0.939. The smallest absolute Gasteiger partial charge is 0.143 e. The lowest BCUT2D eigenvalue weighted by Gasteiger charge is -2.26. The molecule has 294 valence electrons. The monoisotopic (exact) mass is 802 g/mol. The fourth-order valence-corrected chi connectivity index (χ4v) is 9.91. The summed E-state index contributed by atoms with van der Waals surface area (Å²) in [7, 11) is 0. The van der Waals surface area contributed by atoms with E-state index in [0.29, 0.717) is 0 Å². The average molecular weight is 803 g/mol. The molecule has 11 aromatic carbocycles. The number of benzene rings is 11. The topological polar surface area (TPSA) is 21.3 Å². The lowest BCUT2D eigenvalue weighted by atomic mass is 9.97. The predicted molar refractivity (Wildman–Crippen MR) is 266 cm³/mol. The van der Waals surface area contributed by atoms with Gasteiger partial charge in [0.05, 0.1) is 11.0 Å². The zero-order valence-electron chi connectivity index (χ0n) is 34.2. The van der Waals surface area contributed by atoms with Crippen molar-refractivity contribution in [2.24, 2.45) is 0 Å². The maximum absolute atomic E-state index is 6.74. The number of hydrogen-bond donors (Lipinski definition) is 0. The maximum Gasteiger partial charge on any atom is 0.143 e. The molecule has 2 aromatic heterocycles. The normalized spacial score (nSPS) is 11.8. The van der Waals surface area contributed by atoms with E-state index in [2.05, 4.69) is 240 Å². The molecule has 0 aliphatic carbocycles. The number of anilines is 3. The van der Waals surface area contributed by atoms with Crippen molar-refractivity contribution in [2.75, 3.05) is 4.90 Å².